The number of hydrogen-bond donors (Lipinski definition) is 0. The van der Waals surface area contributed by atoms with E-state index in [2.05, 4.69) is 0 Å². The van der Waals surface area contributed by atoms with Gasteiger partial charge in [0.15, 0.2) is 29.0 Å². The minimum Gasteiger partial charge on any atom is -0.454 e. The van der Waals surface area contributed by atoms with Crippen LogP contribution < -0.4 is 9.47 Å². The Kier molecular flexibility index (Phi) is 3.92. The molecular formula is C16H11ClO6. The number of rotatable bonds is 3. The molecule has 0 saturated heterocycles. The van der Waals surface area contributed by atoms with Crippen molar-refractivity contribution in [1.29, 1.82) is 0 Å². The average Bonchev–Trinajstić information content (AvgIpc) is 2.93. The van der Waals surface area contributed by atoms with Gasteiger partial charge in [0.1, 0.15) is 5.76 Å². The van der Waals surface area contributed by atoms with E-state index in [1.807, 2.05) is 0 Å². The van der Waals surface area contributed by atoms with Gasteiger partial charge in [0.2, 0.25) is 6.79 Å². The summed E-state index contributed by atoms with van der Waals surface area (Å²) in [4.78, 5) is 35.6. The molecule has 0 bridgehead atoms. The maximum absolute atomic E-state index is 12.1. The first-order chi connectivity index (χ1) is 11.0. The fraction of sp³-hybridized carbons (Fsp3) is 0.188. The van der Waals surface area contributed by atoms with Gasteiger partial charge in [0, 0.05) is 6.08 Å². The number of ether oxygens (including phenoxy) is 3. The first-order valence-corrected chi connectivity index (χ1v) is 7.08. The van der Waals surface area contributed by atoms with Gasteiger partial charge >= 0.3 is 5.97 Å². The van der Waals surface area contributed by atoms with Crippen LogP contribution in [0.25, 0.3) is 6.08 Å². The zero-order valence-electron chi connectivity index (χ0n) is 12.0. The standard InChI is InChI=1S/C16H11ClO6/c1-8-4-12(19)14(16(20)23-8)11(18)3-2-9-5-10(17)15-13(6-9)21-7-22-15/h2-6,14H,7H2,1H3/b3-2+. The first-order valence-electron chi connectivity index (χ1n) is 6.70. The predicted molar refractivity (Wildman–Crippen MR) is 80.0 cm³/mol. The predicted octanol–water partition coefficient (Wildman–Crippen LogP) is 2.30. The van der Waals surface area contributed by atoms with Crippen molar-refractivity contribution in [3.63, 3.8) is 0 Å². The lowest BCUT2D eigenvalue weighted by atomic mass is 9.96. The summed E-state index contributed by atoms with van der Waals surface area (Å²) >= 11 is 6.04. The zero-order valence-corrected chi connectivity index (χ0v) is 12.8. The molecular weight excluding hydrogens is 324 g/mol. The third-order valence-corrected chi connectivity index (χ3v) is 3.58. The lowest BCUT2D eigenvalue weighted by molar-refractivity contribution is -0.151. The molecule has 2 aliphatic heterocycles. The van der Waals surface area contributed by atoms with Crippen molar-refractivity contribution in [3.8, 4) is 11.5 Å². The molecule has 6 nitrogen and oxygen atoms in total. The summed E-state index contributed by atoms with van der Waals surface area (Å²) in [6, 6.07) is 3.23. The van der Waals surface area contributed by atoms with Crippen molar-refractivity contribution in [1.82, 2.24) is 0 Å². The second kappa shape index (κ2) is 5.89. The molecule has 0 N–H and O–H groups in total. The summed E-state index contributed by atoms with van der Waals surface area (Å²) in [6.07, 6.45) is 3.73. The Balaban J connectivity index is 1.81. The summed E-state index contributed by atoms with van der Waals surface area (Å²) in [5.41, 5.74) is 0.580. The third-order valence-electron chi connectivity index (χ3n) is 3.30. The summed E-state index contributed by atoms with van der Waals surface area (Å²) in [7, 11) is 0. The normalized spacial score (nSPS) is 19.7. The van der Waals surface area contributed by atoms with Gasteiger partial charge in [0.05, 0.1) is 5.02 Å². The van der Waals surface area contributed by atoms with Crippen molar-refractivity contribution in [2.45, 2.75) is 6.92 Å². The number of esters is 1. The summed E-state index contributed by atoms with van der Waals surface area (Å²) < 4.78 is 15.2. The number of halogens is 1. The van der Waals surface area contributed by atoms with Crippen LogP contribution >= 0.6 is 11.6 Å². The van der Waals surface area contributed by atoms with Gasteiger partial charge in [-0.3, -0.25) is 14.4 Å². The Morgan fingerprint density at radius 2 is 2.09 bits per heavy atom. The van der Waals surface area contributed by atoms with E-state index < -0.39 is 23.5 Å². The average molecular weight is 335 g/mol. The molecule has 2 heterocycles. The van der Waals surface area contributed by atoms with Crippen molar-refractivity contribution in [2.24, 2.45) is 5.92 Å². The SMILES string of the molecule is CC1=CC(=O)C(C(=O)/C=C/c2cc(Cl)c3c(c2)OCO3)C(=O)O1. The molecule has 1 atom stereocenters. The van der Waals surface area contributed by atoms with Gasteiger partial charge in [-0.15, -0.1) is 0 Å². The highest BCUT2D eigenvalue weighted by Crippen LogP contribution is 2.40. The van der Waals surface area contributed by atoms with Crippen LogP contribution in [-0.2, 0) is 19.1 Å². The third kappa shape index (κ3) is 2.98. The van der Waals surface area contributed by atoms with Crippen LogP contribution in [0, 0.1) is 5.92 Å². The van der Waals surface area contributed by atoms with Crippen LogP contribution in [0.1, 0.15) is 12.5 Å². The number of ketones is 2. The fourth-order valence-electron chi connectivity index (χ4n) is 2.26. The second-order valence-corrected chi connectivity index (χ2v) is 5.39. The van der Waals surface area contributed by atoms with Crippen LogP contribution in [0.5, 0.6) is 11.5 Å². The monoisotopic (exact) mass is 334 g/mol. The molecule has 0 radical (unpaired) electrons. The number of hydrogen-bond acceptors (Lipinski definition) is 6. The molecule has 118 valence electrons. The summed E-state index contributed by atoms with van der Waals surface area (Å²) in [5, 5.41) is 0.346. The molecule has 0 fully saturated rings. The molecule has 3 rings (SSSR count). The van der Waals surface area contributed by atoms with Gasteiger partial charge < -0.3 is 14.2 Å². The molecule has 0 saturated carbocycles. The smallest absolute Gasteiger partial charge is 0.329 e. The number of cyclic esters (lactones) is 1. The number of benzene rings is 1. The highest BCUT2D eigenvalue weighted by Gasteiger charge is 2.36. The van der Waals surface area contributed by atoms with E-state index in [-0.39, 0.29) is 12.6 Å². The Morgan fingerprint density at radius 1 is 1.30 bits per heavy atom. The number of fused-ring (bicyclic) bond motifs is 1. The Labute approximate surface area is 136 Å². The van der Waals surface area contributed by atoms with Crippen LogP contribution in [0.3, 0.4) is 0 Å². The largest absolute Gasteiger partial charge is 0.454 e. The minimum absolute atomic E-state index is 0.0786. The number of allylic oxidation sites excluding steroid dienone is 3. The molecule has 1 aromatic carbocycles. The topological polar surface area (TPSA) is 78.9 Å². The van der Waals surface area contributed by atoms with Gasteiger partial charge in [-0.2, -0.15) is 0 Å². The van der Waals surface area contributed by atoms with E-state index in [4.69, 9.17) is 25.8 Å². The minimum atomic E-state index is -1.46. The lowest BCUT2D eigenvalue weighted by Crippen LogP contribution is -2.34. The van der Waals surface area contributed by atoms with E-state index >= 15 is 0 Å². The first kappa shape index (κ1) is 15.3. The molecule has 0 aliphatic carbocycles. The van der Waals surface area contributed by atoms with Gasteiger partial charge in [-0.25, -0.2) is 0 Å². The van der Waals surface area contributed by atoms with Crippen molar-refractivity contribution < 1.29 is 28.6 Å². The van der Waals surface area contributed by atoms with Crippen molar-refractivity contribution in [3.05, 3.63) is 40.6 Å². The van der Waals surface area contributed by atoms with Gasteiger partial charge in [-0.1, -0.05) is 17.7 Å². The molecule has 0 amide bonds. The maximum Gasteiger partial charge on any atom is 0.329 e. The van der Waals surface area contributed by atoms with Crippen molar-refractivity contribution >= 4 is 35.2 Å². The van der Waals surface area contributed by atoms with Gasteiger partial charge in [-0.05, 0) is 30.7 Å². The summed E-state index contributed by atoms with van der Waals surface area (Å²) in [5.74, 6) is -2.48. The van der Waals surface area contributed by atoms with Gasteiger partial charge in [0.25, 0.3) is 0 Å². The molecule has 1 aromatic rings. The van der Waals surface area contributed by atoms with E-state index in [1.165, 1.54) is 13.0 Å². The van der Waals surface area contributed by atoms with Crippen molar-refractivity contribution in [2.75, 3.05) is 6.79 Å². The second-order valence-electron chi connectivity index (χ2n) is 4.98. The highest BCUT2D eigenvalue weighted by atomic mass is 35.5. The molecule has 0 spiro atoms. The van der Waals surface area contributed by atoms with E-state index in [0.29, 0.717) is 22.1 Å². The molecule has 1 unspecified atom stereocenters. The molecule has 0 aromatic heterocycles. The fourth-order valence-corrected chi connectivity index (χ4v) is 2.54. The summed E-state index contributed by atoms with van der Waals surface area (Å²) in [6.45, 7) is 1.55. The van der Waals surface area contributed by atoms with Crippen LogP contribution in [0.15, 0.2) is 30.0 Å². The van der Waals surface area contributed by atoms with E-state index in [9.17, 15) is 14.4 Å². The maximum atomic E-state index is 12.1. The molecule has 7 heteroatoms. The zero-order chi connectivity index (χ0) is 16.6. The number of carbonyl (C=O) groups excluding carboxylic acids is 3. The van der Waals surface area contributed by atoms with Crippen LogP contribution in [0.2, 0.25) is 5.02 Å². The Bertz CT molecular complexity index is 777. The van der Waals surface area contributed by atoms with E-state index in [1.54, 1.807) is 12.1 Å². The Hall–Kier alpha value is -2.60. The quantitative estimate of drug-likeness (QED) is 0.479. The molecule has 2 aliphatic rings. The van der Waals surface area contributed by atoms with Crippen LogP contribution in [-0.4, -0.2) is 24.3 Å². The van der Waals surface area contributed by atoms with E-state index in [0.717, 1.165) is 12.2 Å². The number of carbonyl (C=O) groups is 3. The Morgan fingerprint density at radius 3 is 2.83 bits per heavy atom. The van der Waals surface area contributed by atoms with Crippen LogP contribution in [0.4, 0.5) is 0 Å². The highest BCUT2D eigenvalue weighted by molar-refractivity contribution is 6.32. The molecule has 23 heavy (non-hydrogen) atoms. The lowest BCUT2D eigenvalue weighted by Gasteiger charge is -2.15.